The Labute approximate surface area is 163 Å². The Morgan fingerprint density at radius 2 is 1.93 bits per heavy atom. The highest BCUT2D eigenvalue weighted by molar-refractivity contribution is 5.95. The van der Waals surface area contributed by atoms with Gasteiger partial charge in [0.1, 0.15) is 0 Å². The molecule has 1 aromatic heterocycles. The van der Waals surface area contributed by atoms with Crippen LogP contribution in [0.25, 0.3) is 0 Å². The molecule has 1 saturated heterocycles. The van der Waals surface area contributed by atoms with Gasteiger partial charge in [0.25, 0.3) is 5.91 Å². The number of amides is 2. The monoisotopic (exact) mass is 388 g/mol. The first kappa shape index (κ1) is 19.7. The summed E-state index contributed by atoms with van der Waals surface area (Å²) in [6.07, 6.45) is 1.21. The number of carbonyl (C=O) groups is 2. The summed E-state index contributed by atoms with van der Waals surface area (Å²) in [5.41, 5.74) is 0.535. The fourth-order valence-corrected chi connectivity index (χ4v) is 3.22. The van der Waals surface area contributed by atoms with Gasteiger partial charge >= 0.3 is 0 Å². The molecule has 1 aliphatic rings. The van der Waals surface area contributed by atoms with Gasteiger partial charge in [-0.15, -0.1) is 0 Å². The lowest BCUT2D eigenvalue weighted by atomic mass is 9.95. The summed E-state index contributed by atoms with van der Waals surface area (Å²) >= 11 is 0. The number of aromatic nitrogens is 2. The summed E-state index contributed by atoms with van der Waals surface area (Å²) in [6.45, 7) is 2.97. The van der Waals surface area contributed by atoms with Crippen LogP contribution in [0.5, 0.6) is 11.5 Å². The van der Waals surface area contributed by atoms with Gasteiger partial charge < -0.3 is 24.2 Å². The minimum atomic E-state index is -0.140. The number of methoxy groups -OCH3 is 2. The molecule has 2 heterocycles. The summed E-state index contributed by atoms with van der Waals surface area (Å²) in [5, 5.41) is 6.51. The summed E-state index contributed by atoms with van der Waals surface area (Å²) in [4.78, 5) is 30.9. The molecule has 0 saturated carbocycles. The Balaban J connectivity index is 1.53. The molecule has 1 aromatic carbocycles. The number of nitrogens with one attached hydrogen (secondary N) is 1. The fourth-order valence-electron chi connectivity index (χ4n) is 3.22. The SMILES string of the molecule is COc1ccc(C(=O)N2CCC(C(=O)NCc3nc(C)no3)CC2)cc1OC. The number of rotatable bonds is 6. The van der Waals surface area contributed by atoms with Crippen molar-refractivity contribution in [1.29, 1.82) is 0 Å². The normalized spacial score (nSPS) is 14.6. The third-order valence-electron chi connectivity index (χ3n) is 4.77. The Morgan fingerprint density at radius 3 is 2.54 bits per heavy atom. The van der Waals surface area contributed by atoms with Crippen LogP contribution in [0.4, 0.5) is 0 Å². The fraction of sp³-hybridized carbons (Fsp3) is 0.474. The van der Waals surface area contributed by atoms with Crippen LogP contribution in [0.15, 0.2) is 22.7 Å². The third kappa shape index (κ3) is 4.41. The number of ether oxygens (including phenoxy) is 2. The average Bonchev–Trinajstić information content (AvgIpc) is 3.16. The van der Waals surface area contributed by atoms with Gasteiger partial charge in [-0.1, -0.05) is 5.16 Å². The molecule has 0 spiro atoms. The molecule has 0 aliphatic carbocycles. The summed E-state index contributed by atoms with van der Waals surface area (Å²) in [7, 11) is 3.08. The van der Waals surface area contributed by atoms with Crippen LogP contribution in [0.1, 0.15) is 34.9 Å². The van der Waals surface area contributed by atoms with Gasteiger partial charge in [-0.2, -0.15) is 4.98 Å². The predicted octanol–water partition coefficient (Wildman–Crippen LogP) is 1.56. The van der Waals surface area contributed by atoms with Crippen molar-refractivity contribution in [2.45, 2.75) is 26.3 Å². The van der Waals surface area contributed by atoms with Gasteiger partial charge in [-0.3, -0.25) is 9.59 Å². The Hall–Kier alpha value is -3.10. The van der Waals surface area contributed by atoms with Crippen LogP contribution < -0.4 is 14.8 Å². The second kappa shape index (κ2) is 8.73. The van der Waals surface area contributed by atoms with E-state index in [9.17, 15) is 9.59 Å². The van der Waals surface area contributed by atoms with E-state index in [-0.39, 0.29) is 24.3 Å². The van der Waals surface area contributed by atoms with Gasteiger partial charge in [0.15, 0.2) is 17.3 Å². The molecule has 0 atom stereocenters. The van der Waals surface area contributed by atoms with Crippen LogP contribution in [-0.4, -0.2) is 54.2 Å². The van der Waals surface area contributed by atoms with Crippen LogP contribution >= 0.6 is 0 Å². The van der Waals surface area contributed by atoms with Crippen LogP contribution in [-0.2, 0) is 11.3 Å². The maximum atomic E-state index is 12.8. The van der Waals surface area contributed by atoms with Crippen molar-refractivity contribution in [1.82, 2.24) is 20.4 Å². The molecule has 150 valence electrons. The van der Waals surface area contributed by atoms with E-state index in [0.29, 0.717) is 54.7 Å². The standard InChI is InChI=1S/C19H24N4O5/c1-12-21-17(28-22-12)11-20-18(24)13-6-8-23(9-7-13)19(25)14-4-5-15(26-2)16(10-14)27-3/h4-5,10,13H,6-9,11H2,1-3H3,(H,20,24). The van der Waals surface area contributed by atoms with E-state index in [4.69, 9.17) is 14.0 Å². The number of nitrogens with zero attached hydrogens (tertiary/aromatic N) is 3. The van der Waals surface area contributed by atoms with E-state index in [1.165, 1.54) is 7.11 Å². The lowest BCUT2D eigenvalue weighted by Crippen LogP contribution is -2.43. The van der Waals surface area contributed by atoms with E-state index in [0.717, 1.165) is 0 Å². The number of likely N-dealkylation sites (tertiary alicyclic amines) is 1. The van der Waals surface area contributed by atoms with E-state index >= 15 is 0 Å². The molecule has 1 fully saturated rings. The van der Waals surface area contributed by atoms with E-state index in [2.05, 4.69) is 15.5 Å². The van der Waals surface area contributed by atoms with Crippen molar-refractivity contribution >= 4 is 11.8 Å². The van der Waals surface area contributed by atoms with Crippen molar-refractivity contribution in [3.8, 4) is 11.5 Å². The predicted molar refractivity (Wildman–Crippen MR) is 99.1 cm³/mol. The zero-order chi connectivity index (χ0) is 20.1. The van der Waals surface area contributed by atoms with Crippen molar-refractivity contribution in [2.24, 2.45) is 5.92 Å². The molecule has 9 heteroatoms. The van der Waals surface area contributed by atoms with Gasteiger partial charge in [-0.25, -0.2) is 0 Å². The molecule has 2 aromatic rings. The molecular weight excluding hydrogens is 364 g/mol. The maximum Gasteiger partial charge on any atom is 0.253 e. The first-order valence-electron chi connectivity index (χ1n) is 9.10. The van der Waals surface area contributed by atoms with Crippen LogP contribution in [0.2, 0.25) is 0 Å². The highest BCUT2D eigenvalue weighted by Gasteiger charge is 2.28. The number of piperidine rings is 1. The Kier molecular flexibility index (Phi) is 6.13. The van der Waals surface area contributed by atoms with Gasteiger partial charge in [0.2, 0.25) is 11.8 Å². The van der Waals surface area contributed by atoms with Crippen molar-refractivity contribution in [3.05, 3.63) is 35.5 Å². The van der Waals surface area contributed by atoms with Gasteiger partial charge in [-0.05, 0) is 38.0 Å². The summed E-state index contributed by atoms with van der Waals surface area (Å²) in [5.74, 6) is 1.72. The molecule has 0 unspecified atom stereocenters. The first-order valence-corrected chi connectivity index (χ1v) is 9.10. The lowest BCUT2D eigenvalue weighted by Gasteiger charge is -2.31. The molecular formula is C19H24N4O5. The lowest BCUT2D eigenvalue weighted by molar-refractivity contribution is -0.126. The maximum absolute atomic E-state index is 12.8. The average molecular weight is 388 g/mol. The molecule has 9 nitrogen and oxygen atoms in total. The molecule has 0 bridgehead atoms. The molecule has 1 aliphatic heterocycles. The number of aryl methyl sites for hydroxylation is 1. The third-order valence-corrected chi connectivity index (χ3v) is 4.77. The molecule has 2 amide bonds. The van der Waals surface area contributed by atoms with E-state index < -0.39 is 0 Å². The van der Waals surface area contributed by atoms with Gasteiger partial charge in [0.05, 0.1) is 20.8 Å². The quantitative estimate of drug-likeness (QED) is 0.800. The number of hydrogen-bond acceptors (Lipinski definition) is 7. The highest BCUT2D eigenvalue weighted by Crippen LogP contribution is 2.28. The van der Waals surface area contributed by atoms with Gasteiger partial charge in [0, 0.05) is 24.6 Å². The Morgan fingerprint density at radius 1 is 1.21 bits per heavy atom. The number of hydrogen-bond donors (Lipinski definition) is 1. The topological polar surface area (TPSA) is 107 Å². The van der Waals surface area contributed by atoms with Crippen molar-refractivity contribution < 1.29 is 23.6 Å². The van der Waals surface area contributed by atoms with E-state index in [1.807, 2.05) is 0 Å². The molecule has 0 radical (unpaired) electrons. The smallest absolute Gasteiger partial charge is 0.253 e. The second-order valence-corrected chi connectivity index (χ2v) is 6.59. The zero-order valence-electron chi connectivity index (χ0n) is 16.2. The second-order valence-electron chi connectivity index (χ2n) is 6.59. The van der Waals surface area contributed by atoms with Crippen LogP contribution in [0.3, 0.4) is 0 Å². The minimum Gasteiger partial charge on any atom is -0.493 e. The van der Waals surface area contributed by atoms with E-state index in [1.54, 1.807) is 37.1 Å². The Bertz CT molecular complexity index is 843. The van der Waals surface area contributed by atoms with Crippen molar-refractivity contribution in [3.63, 3.8) is 0 Å². The summed E-state index contributed by atoms with van der Waals surface area (Å²) < 4.78 is 15.5. The highest BCUT2D eigenvalue weighted by atomic mass is 16.5. The zero-order valence-corrected chi connectivity index (χ0v) is 16.2. The number of carbonyl (C=O) groups excluding carboxylic acids is 2. The molecule has 3 rings (SSSR count). The van der Waals surface area contributed by atoms with Crippen molar-refractivity contribution in [2.75, 3.05) is 27.3 Å². The minimum absolute atomic E-state index is 0.0610. The molecule has 1 N–H and O–H groups in total. The largest absolute Gasteiger partial charge is 0.493 e. The summed E-state index contributed by atoms with van der Waals surface area (Å²) in [6, 6.07) is 5.10. The molecule has 28 heavy (non-hydrogen) atoms. The van der Waals surface area contributed by atoms with Crippen LogP contribution in [0, 0.1) is 12.8 Å². The first-order chi connectivity index (χ1) is 13.5. The number of benzene rings is 1.